The lowest BCUT2D eigenvalue weighted by molar-refractivity contribution is 0.391. The maximum atomic E-state index is 5.77. The molecule has 0 aliphatic carbocycles. The lowest BCUT2D eigenvalue weighted by Crippen LogP contribution is -1.93. The molecule has 0 atom stereocenters. The van der Waals surface area contributed by atoms with E-state index >= 15 is 0 Å². The van der Waals surface area contributed by atoms with Gasteiger partial charge < -0.3 is 19.7 Å². The number of methoxy groups -OCH3 is 2. The van der Waals surface area contributed by atoms with Gasteiger partial charge in [0.25, 0.3) is 0 Å². The fourth-order valence-corrected chi connectivity index (χ4v) is 1.86. The summed E-state index contributed by atoms with van der Waals surface area (Å²) in [4.78, 5) is 0. The van der Waals surface area contributed by atoms with Crippen LogP contribution in [0.1, 0.15) is 12.5 Å². The van der Waals surface area contributed by atoms with Gasteiger partial charge in [0.1, 0.15) is 11.5 Å². The van der Waals surface area contributed by atoms with Crippen LogP contribution in [0.5, 0.6) is 11.5 Å². The summed E-state index contributed by atoms with van der Waals surface area (Å²) >= 11 is 0. The Bertz CT molecular complexity index is 549. The third kappa shape index (κ3) is 1.99. The van der Waals surface area contributed by atoms with Gasteiger partial charge in [-0.1, -0.05) is 12.1 Å². The molecule has 0 bridgehead atoms. The Balaban J connectivity index is 2.56. The van der Waals surface area contributed by atoms with E-state index < -0.39 is 0 Å². The lowest BCUT2D eigenvalue weighted by atomic mass is 10.1. The Morgan fingerprint density at radius 1 is 1.28 bits per heavy atom. The summed E-state index contributed by atoms with van der Waals surface area (Å²) in [5, 5.41) is 3.80. The van der Waals surface area contributed by atoms with Crippen LogP contribution in [0.3, 0.4) is 0 Å². The third-order valence-electron chi connectivity index (χ3n) is 2.83. The van der Waals surface area contributed by atoms with Crippen LogP contribution in [0.15, 0.2) is 22.7 Å². The van der Waals surface area contributed by atoms with Crippen LogP contribution in [-0.4, -0.2) is 19.4 Å². The van der Waals surface area contributed by atoms with Crippen molar-refractivity contribution in [2.45, 2.75) is 13.3 Å². The van der Waals surface area contributed by atoms with E-state index in [-0.39, 0.29) is 0 Å². The molecule has 0 amide bonds. The second kappa shape index (κ2) is 5.00. The van der Waals surface area contributed by atoms with E-state index in [9.17, 15) is 0 Å². The Labute approximate surface area is 105 Å². The quantitative estimate of drug-likeness (QED) is 0.900. The number of anilines is 1. The van der Waals surface area contributed by atoms with Gasteiger partial charge in [0.15, 0.2) is 11.6 Å². The molecular formula is C13H16N2O3. The Morgan fingerprint density at radius 2 is 2.06 bits per heavy atom. The smallest absolute Gasteiger partial charge is 0.175 e. The van der Waals surface area contributed by atoms with Crippen molar-refractivity contribution in [1.82, 2.24) is 5.16 Å². The molecule has 0 unspecified atom stereocenters. The van der Waals surface area contributed by atoms with E-state index in [0.717, 1.165) is 23.3 Å². The molecular weight excluding hydrogens is 232 g/mol. The van der Waals surface area contributed by atoms with Gasteiger partial charge in [0, 0.05) is 11.6 Å². The molecule has 0 fully saturated rings. The Hall–Kier alpha value is -2.17. The molecule has 5 heteroatoms. The summed E-state index contributed by atoms with van der Waals surface area (Å²) in [7, 11) is 3.21. The topological polar surface area (TPSA) is 70.5 Å². The summed E-state index contributed by atoms with van der Waals surface area (Å²) in [6.07, 6.45) is 0.750. The van der Waals surface area contributed by atoms with Crippen LogP contribution in [-0.2, 0) is 6.42 Å². The first-order valence-corrected chi connectivity index (χ1v) is 5.67. The highest BCUT2D eigenvalue weighted by molar-refractivity contribution is 5.72. The monoisotopic (exact) mass is 248 g/mol. The average Bonchev–Trinajstić information content (AvgIpc) is 2.78. The number of nitrogen functional groups attached to an aromatic ring is 1. The van der Waals surface area contributed by atoms with E-state index in [4.69, 9.17) is 19.7 Å². The van der Waals surface area contributed by atoms with Gasteiger partial charge >= 0.3 is 0 Å². The summed E-state index contributed by atoms with van der Waals surface area (Å²) in [5.74, 6) is 2.46. The van der Waals surface area contributed by atoms with Crippen LogP contribution < -0.4 is 15.2 Å². The molecule has 5 nitrogen and oxygen atoms in total. The molecule has 0 saturated heterocycles. The minimum atomic E-state index is 0.422. The van der Waals surface area contributed by atoms with Gasteiger partial charge in [-0.15, -0.1) is 0 Å². The van der Waals surface area contributed by atoms with Gasteiger partial charge in [0.05, 0.1) is 19.8 Å². The number of benzene rings is 1. The number of ether oxygens (including phenoxy) is 2. The zero-order chi connectivity index (χ0) is 13.1. The summed E-state index contributed by atoms with van der Waals surface area (Å²) in [6.45, 7) is 2.00. The van der Waals surface area contributed by atoms with E-state index in [2.05, 4.69) is 5.16 Å². The number of hydrogen-bond acceptors (Lipinski definition) is 5. The number of rotatable bonds is 4. The van der Waals surface area contributed by atoms with Gasteiger partial charge in [-0.2, -0.15) is 0 Å². The van der Waals surface area contributed by atoms with E-state index in [1.54, 1.807) is 20.3 Å². The summed E-state index contributed by atoms with van der Waals surface area (Å²) in [6, 6.07) is 5.51. The first kappa shape index (κ1) is 12.3. The molecule has 1 aromatic heterocycles. The zero-order valence-electron chi connectivity index (χ0n) is 10.7. The fraction of sp³-hybridized carbons (Fsp3) is 0.308. The van der Waals surface area contributed by atoms with Crippen molar-refractivity contribution in [1.29, 1.82) is 0 Å². The van der Waals surface area contributed by atoms with Crippen LogP contribution in [0.4, 0.5) is 5.82 Å². The molecule has 0 spiro atoms. The van der Waals surface area contributed by atoms with E-state index in [1.807, 2.05) is 19.1 Å². The molecule has 96 valence electrons. The second-order valence-electron chi connectivity index (χ2n) is 3.80. The molecule has 1 heterocycles. The largest absolute Gasteiger partial charge is 0.497 e. The van der Waals surface area contributed by atoms with Crippen molar-refractivity contribution >= 4 is 5.82 Å². The molecule has 0 aliphatic heterocycles. The normalized spacial score (nSPS) is 10.4. The number of hydrogen-bond donors (Lipinski definition) is 1. The SMILES string of the molecule is CCc1c(N)noc1-c1ccc(OC)cc1OC. The van der Waals surface area contributed by atoms with Gasteiger partial charge in [-0.05, 0) is 18.6 Å². The maximum Gasteiger partial charge on any atom is 0.175 e. The van der Waals surface area contributed by atoms with Crippen LogP contribution in [0, 0.1) is 0 Å². The molecule has 2 rings (SSSR count). The Kier molecular flexibility index (Phi) is 3.41. The van der Waals surface area contributed by atoms with E-state index in [1.165, 1.54) is 0 Å². The number of aromatic nitrogens is 1. The molecule has 0 saturated carbocycles. The average molecular weight is 248 g/mol. The lowest BCUT2D eigenvalue weighted by Gasteiger charge is -2.09. The van der Waals surface area contributed by atoms with E-state index in [0.29, 0.717) is 17.3 Å². The van der Waals surface area contributed by atoms with Crippen molar-refractivity contribution in [2.24, 2.45) is 0 Å². The molecule has 0 radical (unpaired) electrons. The number of nitrogens with zero attached hydrogens (tertiary/aromatic N) is 1. The van der Waals surface area contributed by atoms with Crippen molar-refractivity contribution in [3.63, 3.8) is 0 Å². The van der Waals surface area contributed by atoms with Crippen molar-refractivity contribution in [2.75, 3.05) is 20.0 Å². The van der Waals surface area contributed by atoms with Crippen molar-refractivity contribution < 1.29 is 14.0 Å². The highest BCUT2D eigenvalue weighted by Crippen LogP contribution is 2.36. The maximum absolute atomic E-state index is 5.77. The standard InChI is InChI=1S/C13H16N2O3/c1-4-9-12(18-15-13(9)14)10-6-5-8(16-2)7-11(10)17-3/h5-7H,4H2,1-3H3,(H2,14,15). The van der Waals surface area contributed by atoms with Gasteiger partial charge in [0.2, 0.25) is 0 Å². The first-order chi connectivity index (χ1) is 8.71. The molecule has 1 aromatic carbocycles. The second-order valence-corrected chi connectivity index (χ2v) is 3.80. The zero-order valence-corrected chi connectivity index (χ0v) is 10.7. The van der Waals surface area contributed by atoms with Gasteiger partial charge in [-0.3, -0.25) is 0 Å². The van der Waals surface area contributed by atoms with Crippen molar-refractivity contribution in [3.05, 3.63) is 23.8 Å². The van der Waals surface area contributed by atoms with Crippen LogP contribution in [0.25, 0.3) is 11.3 Å². The Morgan fingerprint density at radius 3 is 2.67 bits per heavy atom. The number of nitrogens with two attached hydrogens (primary N) is 1. The summed E-state index contributed by atoms with van der Waals surface area (Å²) < 4.78 is 15.8. The third-order valence-corrected chi connectivity index (χ3v) is 2.83. The predicted octanol–water partition coefficient (Wildman–Crippen LogP) is 2.50. The fourth-order valence-electron chi connectivity index (χ4n) is 1.86. The molecule has 0 aliphatic rings. The van der Waals surface area contributed by atoms with Crippen LogP contribution >= 0.6 is 0 Å². The van der Waals surface area contributed by atoms with Crippen LogP contribution in [0.2, 0.25) is 0 Å². The first-order valence-electron chi connectivity index (χ1n) is 5.67. The minimum absolute atomic E-state index is 0.422. The highest BCUT2D eigenvalue weighted by Gasteiger charge is 2.18. The summed E-state index contributed by atoms with van der Waals surface area (Å²) in [5.41, 5.74) is 7.47. The molecule has 2 N–H and O–H groups in total. The van der Waals surface area contributed by atoms with Crippen molar-refractivity contribution in [3.8, 4) is 22.8 Å². The highest BCUT2D eigenvalue weighted by atomic mass is 16.5. The predicted molar refractivity (Wildman–Crippen MR) is 68.8 cm³/mol. The van der Waals surface area contributed by atoms with Gasteiger partial charge in [-0.25, -0.2) is 0 Å². The molecule has 18 heavy (non-hydrogen) atoms. The molecule has 2 aromatic rings. The minimum Gasteiger partial charge on any atom is -0.497 e.